The first-order chi connectivity index (χ1) is 17.3. The number of rotatable bonds is 6. The molecular formula is C18H32NO17P. The molecule has 18 nitrogen and oxygen atoms in total. The third-order valence-corrected chi connectivity index (χ3v) is 7.94. The van der Waals surface area contributed by atoms with Crippen LogP contribution < -0.4 is 10.6 Å². The van der Waals surface area contributed by atoms with Crippen molar-refractivity contribution in [2.24, 2.45) is 0 Å². The zero-order valence-electron chi connectivity index (χ0n) is 19.1. The fourth-order valence-corrected chi connectivity index (χ4v) is 5.93. The minimum Gasteiger partial charge on any atom is -0.756 e. The SMILES string of the molecule is [NH3+][C@H]1[C@@H](O[C@@H]2[C@@H](O)[C@H](O)[C@@H](O)[C@H]3OP(=O)([O-])O[C@H]32)O[C@H](CO)[C@@H](O[C@H]2O[C@H](CO)[C@@H](O)[C@H](O)[C@@H]2O)[C@@H]1O. The zero-order chi connectivity index (χ0) is 27.4. The second kappa shape index (κ2) is 11.2. The van der Waals surface area contributed by atoms with E-state index in [1.165, 1.54) is 0 Å². The second-order valence-corrected chi connectivity index (χ2v) is 10.7. The van der Waals surface area contributed by atoms with Crippen molar-refractivity contribution in [1.82, 2.24) is 0 Å². The summed E-state index contributed by atoms with van der Waals surface area (Å²) >= 11 is 0. The van der Waals surface area contributed by atoms with Crippen LogP contribution in [0.2, 0.25) is 0 Å². The summed E-state index contributed by atoms with van der Waals surface area (Å²) in [5.74, 6) is 0. The van der Waals surface area contributed by atoms with Gasteiger partial charge in [0.05, 0.1) is 13.2 Å². The Morgan fingerprint density at radius 2 is 1.22 bits per heavy atom. The van der Waals surface area contributed by atoms with E-state index in [4.69, 9.17) is 23.5 Å². The van der Waals surface area contributed by atoms with E-state index in [1.807, 2.05) is 0 Å². The van der Waals surface area contributed by atoms with Crippen molar-refractivity contribution >= 4 is 7.82 Å². The molecule has 0 aromatic rings. The van der Waals surface area contributed by atoms with Crippen LogP contribution >= 0.6 is 7.82 Å². The Hall–Kier alpha value is -0.450. The molecule has 4 aliphatic rings. The Morgan fingerprint density at radius 3 is 1.84 bits per heavy atom. The van der Waals surface area contributed by atoms with Crippen LogP contribution in [0.3, 0.4) is 0 Å². The van der Waals surface area contributed by atoms with Crippen molar-refractivity contribution in [3.8, 4) is 0 Å². The van der Waals surface area contributed by atoms with Gasteiger partial charge in [0.25, 0.3) is 7.82 Å². The highest BCUT2D eigenvalue weighted by molar-refractivity contribution is 7.46. The average Bonchev–Trinajstić information content (AvgIpc) is 3.19. The Kier molecular flexibility index (Phi) is 8.94. The van der Waals surface area contributed by atoms with Crippen LogP contribution in [0.4, 0.5) is 0 Å². The molecule has 1 aliphatic carbocycles. The standard InChI is InChI=1S/C18H32NO17P/c19-5-7(23)13(33-18-12(28)8(24)6(22)3(1-20)31-18)4(2-21)32-17(5)34-14-10(26)9(25)11(27)15-16(14)36-37(29,30)35-15/h3-18,20-28H,1-2,19H2,(H,29,30)/t3-,4-,5-,6-,7-,8+,9+,10+,11-,12+,13-,14-,15-,16+,17-,18-/m1/s1. The molecule has 0 spiro atoms. The molecular weight excluding hydrogens is 533 g/mol. The van der Waals surface area contributed by atoms with Crippen molar-refractivity contribution < 1.29 is 89.1 Å². The lowest BCUT2D eigenvalue weighted by atomic mass is 9.84. The quantitative estimate of drug-likeness (QED) is 0.134. The van der Waals surface area contributed by atoms with Crippen molar-refractivity contribution in [3.63, 3.8) is 0 Å². The summed E-state index contributed by atoms with van der Waals surface area (Å²) in [7, 11) is -4.90. The van der Waals surface area contributed by atoms with Crippen molar-refractivity contribution in [3.05, 3.63) is 0 Å². The van der Waals surface area contributed by atoms with Crippen molar-refractivity contribution in [2.45, 2.75) is 98.0 Å². The fraction of sp³-hybridized carbons (Fsp3) is 1.00. The van der Waals surface area contributed by atoms with Gasteiger partial charge in [-0.05, 0) is 0 Å². The molecule has 1 unspecified atom stereocenters. The second-order valence-electron chi connectivity index (χ2n) is 9.34. The van der Waals surface area contributed by atoms with Gasteiger partial charge in [0.1, 0.15) is 79.4 Å². The average molecular weight is 565 g/mol. The first kappa shape index (κ1) is 29.5. The molecule has 0 radical (unpaired) electrons. The van der Waals surface area contributed by atoms with Gasteiger partial charge in [0, 0.05) is 0 Å². The maximum atomic E-state index is 11.8. The molecule has 0 aromatic carbocycles. The topological polar surface area (TPSA) is 305 Å². The molecule has 12 N–H and O–H groups in total. The molecule has 3 saturated heterocycles. The lowest BCUT2D eigenvalue weighted by molar-refractivity contribution is -0.510. The van der Waals surface area contributed by atoms with E-state index in [9.17, 15) is 55.4 Å². The largest absolute Gasteiger partial charge is 0.756 e. The minimum absolute atomic E-state index is 0.736. The summed E-state index contributed by atoms with van der Waals surface area (Å²) in [6.07, 6.45) is -24.8. The van der Waals surface area contributed by atoms with E-state index in [1.54, 1.807) is 0 Å². The molecule has 1 saturated carbocycles. The third kappa shape index (κ3) is 5.47. The molecule has 0 bridgehead atoms. The van der Waals surface area contributed by atoms with E-state index in [0.717, 1.165) is 0 Å². The molecule has 4 fully saturated rings. The van der Waals surface area contributed by atoms with Gasteiger partial charge in [-0.15, -0.1) is 0 Å². The predicted molar refractivity (Wildman–Crippen MR) is 107 cm³/mol. The number of aliphatic hydroxyl groups is 9. The first-order valence-electron chi connectivity index (χ1n) is 11.4. The van der Waals surface area contributed by atoms with Gasteiger partial charge in [0.2, 0.25) is 6.29 Å². The Morgan fingerprint density at radius 1 is 0.676 bits per heavy atom. The monoisotopic (exact) mass is 565 g/mol. The lowest BCUT2D eigenvalue weighted by Crippen LogP contribution is -2.79. The number of fused-ring (bicyclic) bond motifs is 1. The number of quaternary nitrogens is 1. The molecule has 3 heterocycles. The summed E-state index contributed by atoms with van der Waals surface area (Å²) in [6, 6.07) is -1.27. The van der Waals surface area contributed by atoms with Crippen LogP contribution in [0.5, 0.6) is 0 Å². The smallest absolute Gasteiger partial charge is 0.268 e. The lowest BCUT2D eigenvalue weighted by Gasteiger charge is -2.47. The predicted octanol–water partition coefficient (Wildman–Crippen LogP) is -8.41. The molecule has 37 heavy (non-hydrogen) atoms. The van der Waals surface area contributed by atoms with Gasteiger partial charge in [-0.25, -0.2) is 0 Å². The van der Waals surface area contributed by atoms with E-state index in [-0.39, 0.29) is 0 Å². The van der Waals surface area contributed by atoms with Crippen LogP contribution in [0.25, 0.3) is 0 Å². The highest BCUT2D eigenvalue weighted by Crippen LogP contribution is 2.53. The van der Waals surface area contributed by atoms with Crippen LogP contribution in [-0.4, -0.2) is 157 Å². The van der Waals surface area contributed by atoms with Gasteiger partial charge in [-0.3, -0.25) is 4.57 Å². The van der Waals surface area contributed by atoms with Crippen molar-refractivity contribution in [2.75, 3.05) is 13.2 Å². The Balaban J connectivity index is 1.49. The summed E-state index contributed by atoms with van der Waals surface area (Å²) in [4.78, 5) is 11.8. The number of hydrogen-bond acceptors (Lipinski definition) is 17. The van der Waals surface area contributed by atoms with E-state index >= 15 is 0 Å². The molecule has 0 aromatic heterocycles. The summed E-state index contributed by atoms with van der Waals surface area (Å²) in [6.45, 7) is -1.54. The number of phosphoric ester groups is 1. The molecule has 3 aliphatic heterocycles. The Bertz CT molecular complexity index is 836. The summed E-state index contributed by atoms with van der Waals surface area (Å²) in [5.41, 5.74) is 3.71. The summed E-state index contributed by atoms with van der Waals surface area (Å²) < 4.78 is 43.3. The maximum absolute atomic E-state index is 11.8. The van der Waals surface area contributed by atoms with Gasteiger partial charge in [0.15, 0.2) is 12.3 Å². The van der Waals surface area contributed by atoms with Gasteiger partial charge < -0.3 is 84.6 Å². The van der Waals surface area contributed by atoms with Crippen LogP contribution in [0, 0.1) is 0 Å². The molecule has 17 atom stereocenters. The number of aliphatic hydroxyl groups excluding tert-OH is 9. The number of hydrogen-bond donors (Lipinski definition) is 10. The highest BCUT2D eigenvalue weighted by atomic mass is 31.2. The van der Waals surface area contributed by atoms with Gasteiger partial charge in [-0.1, -0.05) is 0 Å². The minimum atomic E-state index is -4.90. The summed E-state index contributed by atoms with van der Waals surface area (Å²) in [5, 5.41) is 90.8. The zero-order valence-corrected chi connectivity index (χ0v) is 20.0. The van der Waals surface area contributed by atoms with Crippen molar-refractivity contribution in [1.29, 1.82) is 0 Å². The number of ether oxygens (including phenoxy) is 4. The normalized spacial score (nSPS) is 56.7. The van der Waals surface area contributed by atoms with E-state index in [2.05, 4.69) is 10.3 Å². The fourth-order valence-electron chi connectivity index (χ4n) is 4.80. The van der Waals surface area contributed by atoms with E-state index in [0.29, 0.717) is 0 Å². The van der Waals surface area contributed by atoms with Crippen LogP contribution in [0.15, 0.2) is 0 Å². The molecule has 4 rings (SSSR count). The Labute approximate surface area is 208 Å². The maximum Gasteiger partial charge on any atom is 0.268 e. The van der Waals surface area contributed by atoms with Gasteiger partial charge in [-0.2, -0.15) is 0 Å². The third-order valence-electron chi connectivity index (χ3n) is 6.93. The highest BCUT2D eigenvalue weighted by Gasteiger charge is 2.59. The molecule has 216 valence electrons. The van der Waals surface area contributed by atoms with Crippen LogP contribution in [-0.2, 0) is 32.6 Å². The van der Waals surface area contributed by atoms with E-state index < -0.39 is 119 Å². The number of phosphoric acid groups is 1. The molecule has 0 amide bonds. The van der Waals surface area contributed by atoms with Gasteiger partial charge >= 0.3 is 0 Å². The van der Waals surface area contributed by atoms with Crippen LogP contribution in [0.1, 0.15) is 0 Å². The molecule has 19 heteroatoms. The first-order valence-corrected chi connectivity index (χ1v) is 12.9.